The topological polar surface area (TPSA) is 59.7 Å². The van der Waals surface area contributed by atoms with E-state index in [2.05, 4.69) is 51.7 Å². The maximum atomic E-state index is 4.99. The zero-order valence-corrected chi connectivity index (χ0v) is 17.5. The van der Waals surface area contributed by atoms with Crippen LogP contribution in [0.4, 0.5) is 5.82 Å². The molecule has 1 aromatic carbocycles. The number of thiophene rings is 1. The predicted molar refractivity (Wildman–Crippen MR) is 121 cm³/mol. The van der Waals surface area contributed by atoms with E-state index in [0.717, 1.165) is 38.3 Å². The molecule has 0 amide bonds. The summed E-state index contributed by atoms with van der Waals surface area (Å²) in [4.78, 5) is 17.2. The fourth-order valence-corrected chi connectivity index (χ4v) is 4.50. The third-order valence-corrected chi connectivity index (χ3v) is 5.83. The minimum atomic E-state index is 0.685. The molecule has 0 aliphatic heterocycles. The quantitative estimate of drug-likeness (QED) is 0.415. The molecular weight excluding hydrogens is 392 g/mol. The van der Waals surface area contributed by atoms with E-state index in [1.807, 2.05) is 42.3 Å². The van der Waals surface area contributed by atoms with Gasteiger partial charge in [-0.15, -0.1) is 11.3 Å². The number of pyridine rings is 1. The summed E-state index contributed by atoms with van der Waals surface area (Å²) >= 11 is 1.64. The van der Waals surface area contributed by atoms with Gasteiger partial charge in [0.05, 0.1) is 11.6 Å². The molecule has 4 aromatic heterocycles. The van der Waals surface area contributed by atoms with Gasteiger partial charge in [0.25, 0.3) is 0 Å². The summed E-state index contributed by atoms with van der Waals surface area (Å²) in [6, 6.07) is 14.3. The maximum Gasteiger partial charge on any atom is 0.164 e. The molecule has 6 nitrogen and oxygen atoms in total. The second-order valence-electron chi connectivity index (χ2n) is 7.19. The van der Waals surface area contributed by atoms with Gasteiger partial charge in [-0.05, 0) is 17.7 Å². The summed E-state index contributed by atoms with van der Waals surface area (Å²) < 4.78 is 1.82. The van der Waals surface area contributed by atoms with Crippen molar-refractivity contribution in [3.05, 3.63) is 78.2 Å². The molecule has 5 rings (SSSR count). The zero-order chi connectivity index (χ0) is 20.5. The minimum absolute atomic E-state index is 0.685. The monoisotopic (exact) mass is 412 g/mol. The highest BCUT2D eigenvalue weighted by Gasteiger charge is 2.19. The number of rotatable bonds is 5. The maximum absolute atomic E-state index is 4.99. The lowest BCUT2D eigenvalue weighted by molar-refractivity contribution is 0.766. The molecule has 0 aliphatic rings. The number of anilines is 1. The Hall–Kier alpha value is -3.58. The van der Waals surface area contributed by atoms with E-state index < -0.39 is 0 Å². The number of benzene rings is 1. The lowest BCUT2D eigenvalue weighted by atomic mass is 10.1. The predicted octanol–water partition coefficient (Wildman–Crippen LogP) is 4.79. The molecule has 7 heteroatoms. The van der Waals surface area contributed by atoms with Crippen LogP contribution in [0.3, 0.4) is 0 Å². The van der Waals surface area contributed by atoms with Crippen LogP contribution in [0.5, 0.6) is 0 Å². The molecule has 0 aliphatic carbocycles. The van der Waals surface area contributed by atoms with Crippen LogP contribution in [0.15, 0.2) is 72.6 Å². The van der Waals surface area contributed by atoms with Gasteiger partial charge in [0, 0.05) is 61.3 Å². The summed E-state index contributed by atoms with van der Waals surface area (Å²) in [6.07, 6.45) is 7.49. The van der Waals surface area contributed by atoms with Crippen molar-refractivity contribution in [1.82, 2.24) is 24.7 Å². The molecule has 5 aromatic rings. The van der Waals surface area contributed by atoms with E-state index in [9.17, 15) is 0 Å². The Balaban J connectivity index is 1.68. The first-order valence-corrected chi connectivity index (χ1v) is 10.5. The average Bonchev–Trinajstić information content (AvgIpc) is 3.40. The van der Waals surface area contributed by atoms with Crippen molar-refractivity contribution in [2.75, 3.05) is 11.9 Å². The standard InChI is InChI=1S/C23H20N6S/c1-28(13-16-11-25-29(2)14-16)22-20-19(17-7-4-3-5-8-17)15-30-23(20)27-21(26-22)18-9-6-10-24-12-18/h3-12,14-15H,13H2,1-2H3. The highest BCUT2D eigenvalue weighted by atomic mass is 32.1. The van der Waals surface area contributed by atoms with Crippen LogP contribution in [0.1, 0.15) is 5.56 Å². The molecule has 0 N–H and O–H groups in total. The normalized spacial score (nSPS) is 11.1. The molecule has 0 saturated carbocycles. The smallest absolute Gasteiger partial charge is 0.164 e. The van der Waals surface area contributed by atoms with Crippen molar-refractivity contribution in [3.63, 3.8) is 0 Å². The Morgan fingerprint density at radius 1 is 1.00 bits per heavy atom. The summed E-state index contributed by atoms with van der Waals surface area (Å²) in [5.41, 5.74) is 4.36. The van der Waals surface area contributed by atoms with Gasteiger partial charge in [-0.3, -0.25) is 9.67 Å². The number of fused-ring (bicyclic) bond motifs is 1. The number of hydrogen-bond acceptors (Lipinski definition) is 6. The summed E-state index contributed by atoms with van der Waals surface area (Å²) in [5, 5.41) is 7.54. The number of aryl methyl sites for hydroxylation is 1. The van der Waals surface area contributed by atoms with Gasteiger partial charge in [-0.25, -0.2) is 9.97 Å². The fraction of sp³-hybridized carbons (Fsp3) is 0.130. The Labute approximate surface area is 178 Å². The average molecular weight is 413 g/mol. The fourth-order valence-electron chi connectivity index (χ4n) is 3.56. The van der Waals surface area contributed by atoms with Crippen molar-refractivity contribution in [1.29, 1.82) is 0 Å². The van der Waals surface area contributed by atoms with Crippen LogP contribution in [0.2, 0.25) is 0 Å². The highest BCUT2D eigenvalue weighted by molar-refractivity contribution is 7.17. The third kappa shape index (κ3) is 3.44. The van der Waals surface area contributed by atoms with E-state index >= 15 is 0 Å². The molecule has 0 bridgehead atoms. The van der Waals surface area contributed by atoms with Crippen molar-refractivity contribution < 1.29 is 0 Å². The van der Waals surface area contributed by atoms with Crippen LogP contribution in [0.25, 0.3) is 32.7 Å². The van der Waals surface area contributed by atoms with Crippen molar-refractivity contribution in [2.24, 2.45) is 7.05 Å². The van der Waals surface area contributed by atoms with Crippen LogP contribution in [-0.4, -0.2) is 31.8 Å². The zero-order valence-electron chi connectivity index (χ0n) is 16.7. The first-order valence-electron chi connectivity index (χ1n) is 9.63. The van der Waals surface area contributed by atoms with Gasteiger partial charge in [-0.1, -0.05) is 30.3 Å². The van der Waals surface area contributed by atoms with Crippen LogP contribution >= 0.6 is 11.3 Å². The van der Waals surface area contributed by atoms with E-state index in [1.165, 1.54) is 0 Å². The molecule has 4 heterocycles. The largest absolute Gasteiger partial charge is 0.355 e. The Bertz CT molecular complexity index is 1290. The van der Waals surface area contributed by atoms with Gasteiger partial charge in [-0.2, -0.15) is 5.10 Å². The molecule has 0 atom stereocenters. The van der Waals surface area contributed by atoms with E-state index in [4.69, 9.17) is 9.97 Å². The van der Waals surface area contributed by atoms with E-state index in [-0.39, 0.29) is 0 Å². The number of aromatic nitrogens is 5. The third-order valence-electron chi connectivity index (χ3n) is 4.96. The highest BCUT2D eigenvalue weighted by Crippen LogP contribution is 2.39. The van der Waals surface area contributed by atoms with Gasteiger partial charge < -0.3 is 4.90 Å². The lowest BCUT2D eigenvalue weighted by Gasteiger charge is -2.20. The molecule has 0 fully saturated rings. The van der Waals surface area contributed by atoms with E-state index in [1.54, 1.807) is 23.7 Å². The SMILES string of the molecule is CN(Cc1cnn(C)c1)c1nc(-c2cccnc2)nc2scc(-c3ccccc3)c12. The van der Waals surface area contributed by atoms with E-state index in [0.29, 0.717) is 12.4 Å². The Morgan fingerprint density at radius 2 is 1.83 bits per heavy atom. The molecule has 0 saturated heterocycles. The lowest BCUT2D eigenvalue weighted by Crippen LogP contribution is -2.18. The first kappa shape index (κ1) is 18.4. The molecular formula is C23H20N6S. The second kappa shape index (κ2) is 7.68. The van der Waals surface area contributed by atoms with Gasteiger partial charge in [0.15, 0.2) is 5.82 Å². The van der Waals surface area contributed by atoms with Crippen LogP contribution in [-0.2, 0) is 13.6 Å². The Morgan fingerprint density at radius 3 is 2.57 bits per heavy atom. The summed E-state index contributed by atoms with van der Waals surface area (Å²) in [7, 11) is 3.99. The minimum Gasteiger partial charge on any atom is -0.355 e. The molecule has 0 spiro atoms. The number of hydrogen-bond donors (Lipinski definition) is 0. The van der Waals surface area contributed by atoms with Crippen LogP contribution in [0, 0.1) is 0 Å². The number of nitrogens with zero attached hydrogens (tertiary/aromatic N) is 6. The Kier molecular flexibility index (Phi) is 4.72. The van der Waals surface area contributed by atoms with Gasteiger partial charge >= 0.3 is 0 Å². The van der Waals surface area contributed by atoms with Crippen molar-refractivity contribution in [3.8, 4) is 22.5 Å². The molecule has 30 heavy (non-hydrogen) atoms. The van der Waals surface area contributed by atoms with Crippen molar-refractivity contribution in [2.45, 2.75) is 6.54 Å². The summed E-state index contributed by atoms with van der Waals surface area (Å²) in [6.45, 7) is 0.705. The van der Waals surface area contributed by atoms with Crippen molar-refractivity contribution >= 4 is 27.4 Å². The van der Waals surface area contributed by atoms with Gasteiger partial charge in [0.1, 0.15) is 10.6 Å². The second-order valence-corrected chi connectivity index (χ2v) is 8.04. The van der Waals surface area contributed by atoms with Crippen LogP contribution < -0.4 is 4.90 Å². The molecule has 0 radical (unpaired) electrons. The molecule has 148 valence electrons. The first-order chi connectivity index (χ1) is 14.7. The molecule has 0 unspecified atom stereocenters. The summed E-state index contributed by atoms with van der Waals surface area (Å²) in [5.74, 6) is 1.59. The van der Waals surface area contributed by atoms with Gasteiger partial charge in [0.2, 0.25) is 0 Å².